The third kappa shape index (κ3) is 5.75. The second kappa shape index (κ2) is 7.79. The Morgan fingerprint density at radius 1 is 1.37 bits per heavy atom. The molecular formula is C15H25N3O. The minimum absolute atomic E-state index is 0.00208. The zero-order chi connectivity index (χ0) is 14.3. The summed E-state index contributed by atoms with van der Waals surface area (Å²) < 4.78 is 0. The van der Waals surface area contributed by atoms with E-state index in [2.05, 4.69) is 12.2 Å². The number of nitrogens with zero attached hydrogens (tertiary/aromatic N) is 1. The summed E-state index contributed by atoms with van der Waals surface area (Å²) >= 11 is 0. The van der Waals surface area contributed by atoms with Crippen molar-refractivity contribution >= 4 is 17.3 Å². The molecule has 0 heterocycles. The van der Waals surface area contributed by atoms with Gasteiger partial charge >= 0.3 is 0 Å². The van der Waals surface area contributed by atoms with Crippen molar-refractivity contribution < 1.29 is 4.79 Å². The van der Waals surface area contributed by atoms with E-state index < -0.39 is 0 Å². The molecule has 0 spiro atoms. The van der Waals surface area contributed by atoms with Crippen molar-refractivity contribution in [2.24, 2.45) is 0 Å². The van der Waals surface area contributed by atoms with Crippen molar-refractivity contribution in [3.8, 4) is 0 Å². The van der Waals surface area contributed by atoms with Gasteiger partial charge < -0.3 is 11.1 Å². The van der Waals surface area contributed by atoms with Crippen LogP contribution >= 0.6 is 0 Å². The summed E-state index contributed by atoms with van der Waals surface area (Å²) in [4.78, 5) is 13.9. The SMILES string of the molecule is CCCCCN(C)CC(=O)Nc1ccc(C)c(N)c1. The summed E-state index contributed by atoms with van der Waals surface area (Å²) in [5, 5.41) is 2.87. The van der Waals surface area contributed by atoms with E-state index in [4.69, 9.17) is 5.73 Å². The Labute approximate surface area is 116 Å². The lowest BCUT2D eigenvalue weighted by Gasteiger charge is -2.16. The molecule has 0 bridgehead atoms. The molecule has 1 amide bonds. The summed E-state index contributed by atoms with van der Waals surface area (Å²) in [7, 11) is 1.97. The molecule has 0 aliphatic carbocycles. The van der Waals surface area contributed by atoms with E-state index in [0.29, 0.717) is 12.2 Å². The van der Waals surface area contributed by atoms with Crippen molar-refractivity contribution in [2.75, 3.05) is 31.2 Å². The fraction of sp³-hybridized carbons (Fsp3) is 0.533. The average molecular weight is 263 g/mol. The molecule has 4 heteroatoms. The molecule has 1 aromatic carbocycles. The van der Waals surface area contributed by atoms with Gasteiger partial charge in [0.2, 0.25) is 5.91 Å². The lowest BCUT2D eigenvalue weighted by molar-refractivity contribution is -0.117. The number of rotatable bonds is 7. The number of benzene rings is 1. The Kier molecular flexibility index (Phi) is 6.36. The van der Waals surface area contributed by atoms with Gasteiger partial charge in [-0.15, -0.1) is 0 Å². The van der Waals surface area contributed by atoms with Gasteiger partial charge in [-0.2, -0.15) is 0 Å². The van der Waals surface area contributed by atoms with Gasteiger partial charge in [-0.05, 0) is 44.6 Å². The second-order valence-corrected chi connectivity index (χ2v) is 5.06. The molecule has 0 radical (unpaired) electrons. The lowest BCUT2D eigenvalue weighted by atomic mass is 10.2. The highest BCUT2D eigenvalue weighted by Gasteiger charge is 2.07. The zero-order valence-electron chi connectivity index (χ0n) is 12.2. The Morgan fingerprint density at radius 3 is 2.74 bits per heavy atom. The monoisotopic (exact) mass is 263 g/mol. The Bertz CT molecular complexity index is 418. The quantitative estimate of drug-likeness (QED) is 0.587. The lowest BCUT2D eigenvalue weighted by Crippen LogP contribution is -2.30. The minimum Gasteiger partial charge on any atom is -0.398 e. The minimum atomic E-state index is 0.00208. The maximum Gasteiger partial charge on any atom is 0.238 e. The first kappa shape index (κ1) is 15.5. The smallest absolute Gasteiger partial charge is 0.238 e. The first-order valence-electron chi connectivity index (χ1n) is 6.87. The van der Waals surface area contributed by atoms with E-state index in [9.17, 15) is 4.79 Å². The summed E-state index contributed by atoms with van der Waals surface area (Å²) in [6.07, 6.45) is 3.54. The van der Waals surface area contributed by atoms with Crippen LogP contribution in [0.3, 0.4) is 0 Å². The molecule has 0 saturated carbocycles. The Morgan fingerprint density at radius 2 is 2.11 bits per heavy atom. The highest BCUT2D eigenvalue weighted by Crippen LogP contribution is 2.16. The molecule has 0 saturated heterocycles. The van der Waals surface area contributed by atoms with E-state index in [1.807, 2.05) is 31.0 Å². The topological polar surface area (TPSA) is 58.4 Å². The number of nitrogens with one attached hydrogen (secondary N) is 1. The normalized spacial score (nSPS) is 10.7. The standard InChI is InChI=1S/C15H25N3O/c1-4-5-6-9-18(3)11-15(19)17-13-8-7-12(2)14(16)10-13/h7-8,10H,4-6,9,11,16H2,1-3H3,(H,17,19). The molecule has 1 rings (SSSR count). The average Bonchev–Trinajstić information content (AvgIpc) is 2.34. The predicted molar refractivity (Wildman–Crippen MR) is 81.2 cm³/mol. The molecule has 19 heavy (non-hydrogen) atoms. The van der Waals surface area contributed by atoms with Crippen molar-refractivity contribution in [1.82, 2.24) is 4.90 Å². The van der Waals surface area contributed by atoms with Gasteiger partial charge in [0.25, 0.3) is 0 Å². The van der Waals surface area contributed by atoms with Crippen molar-refractivity contribution in [3.63, 3.8) is 0 Å². The molecule has 106 valence electrons. The molecule has 0 fully saturated rings. The van der Waals surface area contributed by atoms with Crippen LogP contribution in [-0.4, -0.2) is 30.9 Å². The van der Waals surface area contributed by atoms with E-state index in [0.717, 1.165) is 24.2 Å². The number of anilines is 2. The summed E-state index contributed by atoms with van der Waals surface area (Å²) in [5.74, 6) is 0.00208. The molecular weight excluding hydrogens is 238 g/mol. The molecule has 1 aromatic rings. The predicted octanol–water partition coefficient (Wildman–Crippen LogP) is 2.64. The molecule has 0 aliphatic rings. The second-order valence-electron chi connectivity index (χ2n) is 5.06. The van der Waals surface area contributed by atoms with E-state index in [1.165, 1.54) is 12.8 Å². The maximum absolute atomic E-state index is 11.9. The fourth-order valence-corrected chi connectivity index (χ4v) is 1.87. The molecule has 0 aromatic heterocycles. The summed E-state index contributed by atoms with van der Waals surface area (Å²) in [6, 6.07) is 5.58. The Hall–Kier alpha value is -1.55. The van der Waals surface area contributed by atoms with Crippen LogP contribution in [0.5, 0.6) is 0 Å². The van der Waals surface area contributed by atoms with Crippen LogP contribution in [0, 0.1) is 6.92 Å². The van der Waals surface area contributed by atoms with E-state index >= 15 is 0 Å². The number of nitrogen functional groups attached to an aromatic ring is 1. The number of likely N-dealkylation sites (N-methyl/N-ethyl adjacent to an activating group) is 1. The van der Waals surface area contributed by atoms with Crippen LogP contribution < -0.4 is 11.1 Å². The summed E-state index contributed by atoms with van der Waals surface area (Å²) in [5.41, 5.74) is 8.30. The van der Waals surface area contributed by atoms with Crippen LogP contribution in [-0.2, 0) is 4.79 Å². The Balaban J connectivity index is 2.39. The van der Waals surface area contributed by atoms with Gasteiger partial charge in [-0.1, -0.05) is 25.8 Å². The van der Waals surface area contributed by atoms with Gasteiger partial charge in [0.1, 0.15) is 0 Å². The van der Waals surface area contributed by atoms with Gasteiger partial charge in [-0.3, -0.25) is 9.69 Å². The van der Waals surface area contributed by atoms with E-state index in [1.54, 1.807) is 6.07 Å². The third-order valence-corrected chi connectivity index (χ3v) is 3.12. The number of carbonyl (C=O) groups excluding carboxylic acids is 1. The van der Waals surface area contributed by atoms with E-state index in [-0.39, 0.29) is 5.91 Å². The summed E-state index contributed by atoms with van der Waals surface area (Å²) in [6.45, 7) is 5.49. The van der Waals surface area contributed by atoms with Crippen molar-refractivity contribution in [3.05, 3.63) is 23.8 Å². The highest BCUT2D eigenvalue weighted by atomic mass is 16.2. The first-order chi connectivity index (χ1) is 9.02. The zero-order valence-corrected chi connectivity index (χ0v) is 12.2. The van der Waals surface area contributed by atoms with Crippen LogP contribution in [0.25, 0.3) is 0 Å². The van der Waals surface area contributed by atoms with Crippen LogP contribution in [0.1, 0.15) is 31.7 Å². The van der Waals surface area contributed by atoms with Gasteiger partial charge in [0.05, 0.1) is 6.54 Å². The molecule has 4 nitrogen and oxygen atoms in total. The third-order valence-electron chi connectivity index (χ3n) is 3.12. The molecule has 0 unspecified atom stereocenters. The van der Waals surface area contributed by atoms with Crippen LogP contribution in [0.15, 0.2) is 18.2 Å². The maximum atomic E-state index is 11.9. The largest absolute Gasteiger partial charge is 0.398 e. The number of hydrogen-bond donors (Lipinski definition) is 2. The number of aryl methyl sites for hydroxylation is 1. The number of unbranched alkanes of at least 4 members (excludes halogenated alkanes) is 2. The van der Waals surface area contributed by atoms with Crippen molar-refractivity contribution in [1.29, 1.82) is 0 Å². The van der Waals surface area contributed by atoms with Gasteiger partial charge in [0, 0.05) is 11.4 Å². The number of hydrogen-bond acceptors (Lipinski definition) is 3. The van der Waals surface area contributed by atoms with Crippen molar-refractivity contribution in [2.45, 2.75) is 33.1 Å². The highest BCUT2D eigenvalue weighted by molar-refractivity contribution is 5.92. The van der Waals surface area contributed by atoms with Gasteiger partial charge in [-0.25, -0.2) is 0 Å². The number of carbonyl (C=O) groups is 1. The molecule has 3 N–H and O–H groups in total. The molecule has 0 atom stereocenters. The van der Waals surface area contributed by atoms with Crippen LogP contribution in [0.4, 0.5) is 11.4 Å². The van der Waals surface area contributed by atoms with Crippen LogP contribution in [0.2, 0.25) is 0 Å². The fourth-order valence-electron chi connectivity index (χ4n) is 1.87. The number of amides is 1. The first-order valence-corrected chi connectivity index (χ1v) is 6.87. The number of nitrogens with two attached hydrogens (primary N) is 1. The molecule has 0 aliphatic heterocycles. The van der Waals surface area contributed by atoms with Gasteiger partial charge in [0.15, 0.2) is 0 Å².